The highest BCUT2D eigenvalue weighted by Gasteiger charge is 2.48. The van der Waals surface area contributed by atoms with Gasteiger partial charge in [0.25, 0.3) is 0 Å². The molecular weight excluding hydrogens is 558 g/mol. The van der Waals surface area contributed by atoms with Crippen LogP contribution in [-0.2, 0) is 22.4 Å². The Morgan fingerprint density at radius 1 is 1.07 bits per heavy atom. The van der Waals surface area contributed by atoms with Gasteiger partial charge in [-0.1, -0.05) is 23.8 Å². The van der Waals surface area contributed by atoms with Gasteiger partial charge in [0.05, 0.1) is 31.5 Å². The summed E-state index contributed by atoms with van der Waals surface area (Å²) in [6.45, 7) is 5.47. The smallest absolute Gasteiger partial charge is 0.309 e. The van der Waals surface area contributed by atoms with Crippen molar-refractivity contribution in [3.05, 3.63) is 46.6 Å². The number of benzene rings is 1. The number of aliphatic carboxylic acids is 1. The second-order valence-corrected chi connectivity index (χ2v) is 12.2. The third-order valence-electron chi connectivity index (χ3n) is 9.17. The number of methoxy groups -OCH3 is 1. The first-order valence-corrected chi connectivity index (χ1v) is 15.0. The summed E-state index contributed by atoms with van der Waals surface area (Å²) in [5.41, 5.74) is 3.13. The van der Waals surface area contributed by atoms with Crippen molar-refractivity contribution in [1.82, 2.24) is 24.7 Å². The van der Waals surface area contributed by atoms with Crippen LogP contribution in [0.1, 0.15) is 17.5 Å². The van der Waals surface area contributed by atoms with Crippen molar-refractivity contribution in [3.63, 3.8) is 0 Å². The third kappa shape index (κ3) is 5.91. The fourth-order valence-corrected chi connectivity index (χ4v) is 6.88. The van der Waals surface area contributed by atoms with E-state index in [9.17, 15) is 14.7 Å². The summed E-state index contributed by atoms with van der Waals surface area (Å²) in [5, 5.41) is 16.7. The normalized spacial score (nSPS) is 25.6. The maximum atomic E-state index is 12.9. The number of ether oxygens (including phenoxy) is 1. The molecule has 11 nitrogen and oxygen atoms in total. The molecule has 224 valence electrons. The van der Waals surface area contributed by atoms with E-state index in [-0.39, 0.29) is 23.8 Å². The number of nitrogens with zero attached hydrogens (tertiary/aromatic N) is 5. The van der Waals surface area contributed by atoms with E-state index in [1.165, 1.54) is 17.3 Å². The van der Waals surface area contributed by atoms with Gasteiger partial charge in [-0.15, -0.1) is 0 Å². The number of nitrogens with one attached hydrogen (secondary N) is 2. The van der Waals surface area contributed by atoms with Crippen LogP contribution in [0.5, 0.6) is 5.75 Å². The minimum Gasteiger partial charge on any atom is -0.495 e. The third-order valence-corrected chi connectivity index (χ3v) is 9.45. The molecule has 12 heteroatoms. The summed E-state index contributed by atoms with van der Waals surface area (Å²) in [5.74, 6) is 0.419. The van der Waals surface area contributed by atoms with Crippen LogP contribution in [0.3, 0.4) is 0 Å². The molecule has 1 aromatic carbocycles. The Morgan fingerprint density at radius 3 is 2.50 bits per heavy atom. The van der Waals surface area contributed by atoms with Gasteiger partial charge in [0.1, 0.15) is 10.8 Å². The molecular formula is C30H38ClN7O4. The number of piperazine rings is 1. The summed E-state index contributed by atoms with van der Waals surface area (Å²) in [6, 6.07) is 3.84. The number of aromatic nitrogens is 2. The van der Waals surface area contributed by atoms with Gasteiger partial charge >= 0.3 is 5.97 Å². The van der Waals surface area contributed by atoms with Gasteiger partial charge in [-0.3, -0.25) is 14.5 Å². The number of carboxylic acids is 1. The lowest BCUT2D eigenvalue weighted by molar-refractivity contribution is -0.142. The Balaban J connectivity index is 1.14. The second kappa shape index (κ2) is 12.1. The van der Waals surface area contributed by atoms with E-state index >= 15 is 0 Å². The number of fused-ring (bicyclic) bond motifs is 3. The number of hydrogen-bond acceptors (Lipinski definition) is 9. The molecule has 2 aromatic rings. The van der Waals surface area contributed by atoms with Gasteiger partial charge in [0.15, 0.2) is 5.82 Å². The van der Waals surface area contributed by atoms with Gasteiger partial charge in [-0.25, -0.2) is 4.98 Å². The molecule has 1 amide bonds. The predicted octanol–water partition coefficient (Wildman–Crippen LogP) is 2.74. The lowest BCUT2D eigenvalue weighted by Gasteiger charge is -2.33. The van der Waals surface area contributed by atoms with Crippen molar-refractivity contribution in [2.75, 3.05) is 70.6 Å². The van der Waals surface area contributed by atoms with Crippen molar-refractivity contribution < 1.29 is 19.4 Å². The Morgan fingerprint density at radius 2 is 1.79 bits per heavy atom. The first-order valence-electron chi connectivity index (χ1n) is 14.6. The molecule has 3 N–H and O–H groups in total. The standard InChI is InChI=1S/C30H38ClN7O4/c1-36-9-11-38(12-10-36)25(39)17-37-7-5-18-14-23(24(42-2)15-19(18)6-8-37)33-30-32-16-22(31)28(35-30)34-27-21-4-3-20(13-21)26(27)29(40)41/h3-4,14-16,20-21,26-27H,5-13,17H2,1-2H3,(H,40,41)(H2,32,33,34,35)/t20-,21+,26+,27-/m1/s1. The van der Waals surface area contributed by atoms with E-state index in [0.29, 0.717) is 29.1 Å². The number of likely N-dealkylation sites (N-methyl/N-ethyl adjacent to an activating group) is 1. The van der Waals surface area contributed by atoms with Crippen LogP contribution >= 0.6 is 11.6 Å². The lowest BCUT2D eigenvalue weighted by Crippen LogP contribution is -2.50. The number of carbonyl (C=O) groups is 2. The van der Waals surface area contributed by atoms with Crippen molar-refractivity contribution in [2.24, 2.45) is 17.8 Å². The second-order valence-electron chi connectivity index (χ2n) is 11.8. The first kappa shape index (κ1) is 28.7. The Bertz CT molecular complexity index is 1380. The number of allylic oxidation sites excluding steroid dienone is 1. The summed E-state index contributed by atoms with van der Waals surface area (Å²) in [7, 11) is 3.73. The van der Waals surface area contributed by atoms with Crippen LogP contribution in [-0.4, -0.2) is 108 Å². The minimum atomic E-state index is -0.815. The van der Waals surface area contributed by atoms with Crippen LogP contribution in [0.4, 0.5) is 17.5 Å². The van der Waals surface area contributed by atoms with Gasteiger partial charge in [-0.05, 0) is 61.4 Å². The molecule has 1 saturated carbocycles. The Kier molecular flexibility index (Phi) is 8.24. The molecule has 2 bridgehead atoms. The van der Waals surface area contributed by atoms with Crippen molar-refractivity contribution >= 4 is 40.9 Å². The zero-order valence-electron chi connectivity index (χ0n) is 24.1. The SMILES string of the molecule is COc1cc2c(cc1Nc1ncc(Cl)c(N[C@H]3[C@@H](C(=O)O)[C@@H]4C=C[C@H]3C4)n1)CCN(CC(=O)N1CCN(C)CC1)CC2. The summed E-state index contributed by atoms with van der Waals surface area (Å²) < 4.78 is 5.73. The number of carboxylic acid groups (broad SMARTS) is 1. The molecule has 0 spiro atoms. The van der Waals surface area contributed by atoms with Gasteiger partial charge < -0.3 is 30.3 Å². The van der Waals surface area contributed by atoms with E-state index in [1.54, 1.807) is 7.11 Å². The summed E-state index contributed by atoms with van der Waals surface area (Å²) in [6.07, 6.45) is 8.06. The molecule has 1 aromatic heterocycles. The number of hydrogen-bond donors (Lipinski definition) is 3. The number of anilines is 3. The highest BCUT2D eigenvalue weighted by molar-refractivity contribution is 6.32. The number of rotatable bonds is 8. The van der Waals surface area contributed by atoms with Crippen LogP contribution in [0.15, 0.2) is 30.5 Å². The van der Waals surface area contributed by atoms with Crippen LogP contribution < -0.4 is 15.4 Å². The topological polar surface area (TPSA) is 123 Å². The lowest BCUT2D eigenvalue weighted by atomic mass is 9.89. The average molecular weight is 596 g/mol. The molecule has 2 fully saturated rings. The zero-order chi connectivity index (χ0) is 29.4. The van der Waals surface area contributed by atoms with Crippen molar-refractivity contribution in [3.8, 4) is 5.75 Å². The van der Waals surface area contributed by atoms with Crippen LogP contribution in [0.25, 0.3) is 0 Å². The fraction of sp³-hybridized carbons (Fsp3) is 0.533. The molecule has 42 heavy (non-hydrogen) atoms. The monoisotopic (exact) mass is 595 g/mol. The maximum Gasteiger partial charge on any atom is 0.309 e. The largest absolute Gasteiger partial charge is 0.495 e. The van der Waals surface area contributed by atoms with E-state index in [4.69, 9.17) is 16.3 Å². The molecule has 0 unspecified atom stereocenters. The Labute approximate surface area is 250 Å². The molecule has 4 aliphatic rings. The number of amides is 1. The van der Waals surface area contributed by atoms with Gasteiger partial charge in [0, 0.05) is 45.3 Å². The quantitative estimate of drug-likeness (QED) is 0.393. The first-order chi connectivity index (χ1) is 20.3. The van der Waals surface area contributed by atoms with E-state index in [0.717, 1.165) is 64.2 Å². The van der Waals surface area contributed by atoms with E-state index in [1.807, 2.05) is 11.0 Å². The summed E-state index contributed by atoms with van der Waals surface area (Å²) in [4.78, 5) is 40.4. The number of halogens is 1. The molecule has 0 radical (unpaired) electrons. The van der Waals surface area contributed by atoms with Gasteiger partial charge in [-0.2, -0.15) is 4.98 Å². The fourth-order valence-electron chi connectivity index (χ4n) is 6.74. The maximum absolute atomic E-state index is 12.9. The highest BCUT2D eigenvalue weighted by Crippen LogP contribution is 2.45. The minimum absolute atomic E-state index is 0.0212. The van der Waals surface area contributed by atoms with E-state index < -0.39 is 11.9 Å². The molecule has 2 aliphatic heterocycles. The predicted molar refractivity (Wildman–Crippen MR) is 161 cm³/mol. The molecule has 1 saturated heterocycles. The van der Waals surface area contributed by atoms with Crippen molar-refractivity contribution in [1.29, 1.82) is 0 Å². The highest BCUT2D eigenvalue weighted by atomic mass is 35.5. The Hall–Kier alpha value is -3.41. The van der Waals surface area contributed by atoms with E-state index in [2.05, 4.69) is 55.7 Å². The molecule has 3 heterocycles. The number of carbonyl (C=O) groups excluding carboxylic acids is 1. The molecule has 4 atom stereocenters. The van der Waals surface area contributed by atoms with Crippen LogP contribution in [0.2, 0.25) is 5.02 Å². The summed E-state index contributed by atoms with van der Waals surface area (Å²) >= 11 is 6.44. The molecule has 2 aliphatic carbocycles. The van der Waals surface area contributed by atoms with Crippen LogP contribution in [0, 0.1) is 17.8 Å². The zero-order valence-corrected chi connectivity index (χ0v) is 24.8. The molecule has 6 rings (SSSR count). The van der Waals surface area contributed by atoms with Crippen molar-refractivity contribution in [2.45, 2.75) is 25.3 Å². The average Bonchev–Trinajstić information content (AvgIpc) is 3.53. The van der Waals surface area contributed by atoms with Gasteiger partial charge in [0.2, 0.25) is 11.9 Å².